The van der Waals surface area contributed by atoms with Crippen LogP contribution < -0.4 is 15.7 Å². The number of amides is 1. The van der Waals surface area contributed by atoms with Crippen molar-refractivity contribution in [2.45, 2.75) is 20.4 Å². The maximum absolute atomic E-state index is 11.8. The lowest BCUT2D eigenvalue weighted by atomic mass is 10.1. The molecule has 7 heteroatoms. The number of benzene rings is 1. The van der Waals surface area contributed by atoms with Crippen molar-refractivity contribution in [2.75, 3.05) is 6.61 Å². The second kappa shape index (κ2) is 6.84. The average Bonchev–Trinajstić information content (AvgIpc) is 2.96. The van der Waals surface area contributed by atoms with Gasteiger partial charge in [0.1, 0.15) is 11.3 Å². The number of nitrogens with zero attached hydrogens (tertiary/aromatic N) is 1. The van der Waals surface area contributed by atoms with Crippen LogP contribution >= 0.6 is 11.3 Å². The monoisotopic (exact) mass is 344 g/mol. The molecule has 24 heavy (non-hydrogen) atoms. The van der Waals surface area contributed by atoms with Gasteiger partial charge in [0.25, 0.3) is 5.91 Å². The Labute approximate surface area is 142 Å². The number of aromatic nitrogens is 1. The molecule has 0 saturated heterocycles. The van der Waals surface area contributed by atoms with Crippen LogP contribution in [0.1, 0.15) is 16.3 Å². The number of thiazole rings is 1. The molecule has 0 spiro atoms. The highest BCUT2D eigenvalue weighted by Gasteiger charge is 2.07. The van der Waals surface area contributed by atoms with Crippen molar-refractivity contribution in [3.05, 3.63) is 56.3 Å². The quantitative estimate of drug-likeness (QED) is 0.720. The minimum absolute atomic E-state index is 0.120. The van der Waals surface area contributed by atoms with Crippen molar-refractivity contribution in [1.29, 1.82) is 0 Å². The Bertz CT molecular complexity index is 945. The molecule has 0 saturated carbocycles. The van der Waals surface area contributed by atoms with Crippen LogP contribution in [0.15, 0.2) is 38.9 Å². The summed E-state index contributed by atoms with van der Waals surface area (Å²) in [5, 5.41) is 6.45. The Morgan fingerprint density at radius 1 is 1.33 bits per heavy atom. The molecule has 0 aliphatic carbocycles. The fraction of sp³-hybridized carbons (Fsp3) is 0.235. The van der Waals surface area contributed by atoms with E-state index in [0.29, 0.717) is 17.9 Å². The molecule has 124 valence electrons. The van der Waals surface area contributed by atoms with Crippen LogP contribution in [0.4, 0.5) is 0 Å². The highest BCUT2D eigenvalue weighted by Crippen LogP contribution is 2.22. The van der Waals surface area contributed by atoms with Crippen LogP contribution in [0.5, 0.6) is 5.75 Å². The largest absolute Gasteiger partial charge is 0.484 e. The van der Waals surface area contributed by atoms with Crippen LogP contribution in [-0.2, 0) is 11.3 Å². The molecule has 0 unspecified atom stereocenters. The van der Waals surface area contributed by atoms with E-state index >= 15 is 0 Å². The van der Waals surface area contributed by atoms with Gasteiger partial charge in [-0.3, -0.25) is 4.79 Å². The molecule has 0 fully saturated rings. The minimum Gasteiger partial charge on any atom is -0.484 e. The van der Waals surface area contributed by atoms with E-state index in [1.165, 1.54) is 6.07 Å². The van der Waals surface area contributed by atoms with Crippen LogP contribution in [0, 0.1) is 13.8 Å². The molecule has 3 aromatic rings. The summed E-state index contributed by atoms with van der Waals surface area (Å²) in [5.41, 5.74) is 1.70. The number of ether oxygens (including phenoxy) is 1. The van der Waals surface area contributed by atoms with Crippen molar-refractivity contribution < 1.29 is 13.9 Å². The average molecular weight is 344 g/mol. The molecule has 1 N–H and O–H groups in total. The van der Waals surface area contributed by atoms with E-state index in [1.54, 1.807) is 29.5 Å². The van der Waals surface area contributed by atoms with Gasteiger partial charge >= 0.3 is 5.63 Å². The predicted molar refractivity (Wildman–Crippen MR) is 91.4 cm³/mol. The SMILES string of the molecule is Cc1nc(CNC(=O)COc2ccc3c(C)cc(=O)oc3c2)cs1. The lowest BCUT2D eigenvalue weighted by Gasteiger charge is -2.08. The molecule has 0 atom stereocenters. The summed E-state index contributed by atoms with van der Waals surface area (Å²) in [5.74, 6) is 0.224. The fourth-order valence-corrected chi connectivity index (χ4v) is 2.89. The topological polar surface area (TPSA) is 81.4 Å². The van der Waals surface area contributed by atoms with E-state index < -0.39 is 5.63 Å². The van der Waals surface area contributed by atoms with Gasteiger partial charge in [0, 0.05) is 22.9 Å². The Kier molecular flexibility index (Phi) is 4.61. The van der Waals surface area contributed by atoms with Gasteiger partial charge in [0.15, 0.2) is 6.61 Å². The summed E-state index contributed by atoms with van der Waals surface area (Å²) in [7, 11) is 0. The molecular weight excluding hydrogens is 328 g/mol. The van der Waals surface area contributed by atoms with Gasteiger partial charge < -0.3 is 14.5 Å². The summed E-state index contributed by atoms with van der Waals surface area (Å²) >= 11 is 1.54. The molecule has 1 aromatic carbocycles. The first-order chi connectivity index (χ1) is 11.5. The Hall–Kier alpha value is -2.67. The number of carbonyl (C=O) groups is 1. The maximum atomic E-state index is 11.8. The van der Waals surface area contributed by atoms with Crippen molar-refractivity contribution >= 4 is 28.2 Å². The fourth-order valence-electron chi connectivity index (χ4n) is 2.27. The lowest BCUT2D eigenvalue weighted by molar-refractivity contribution is -0.123. The highest BCUT2D eigenvalue weighted by atomic mass is 32.1. The normalized spacial score (nSPS) is 10.8. The van der Waals surface area contributed by atoms with E-state index in [2.05, 4.69) is 10.3 Å². The van der Waals surface area contributed by atoms with Gasteiger partial charge in [-0.1, -0.05) is 0 Å². The number of nitrogens with one attached hydrogen (secondary N) is 1. The van der Waals surface area contributed by atoms with Gasteiger partial charge in [0.05, 0.1) is 17.2 Å². The van der Waals surface area contributed by atoms with Gasteiger partial charge in [-0.15, -0.1) is 11.3 Å². The standard InChI is InChI=1S/C17H16N2O4S/c1-10-5-17(21)23-15-6-13(3-4-14(10)15)22-8-16(20)18-7-12-9-24-11(2)19-12/h3-6,9H,7-8H2,1-2H3,(H,18,20). The third-order valence-corrected chi connectivity index (χ3v) is 4.25. The Balaban J connectivity index is 1.60. The van der Waals surface area contributed by atoms with E-state index in [0.717, 1.165) is 21.7 Å². The molecule has 2 heterocycles. The zero-order chi connectivity index (χ0) is 17.1. The summed E-state index contributed by atoms with van der Waals surface area (Å²) in [6.07, 6.45) is 0. The third kappa shape index (κ3) is 3.80. The van der Waals surface area contributed by atoms with Gasteiger partial charge in [0.2, 0.25) is 0 Å². The number of rotatable bonds is 5. The van der Waals surface area contributed by atoms with Crippen molar-refractivity contribution in [2.24, 2.45) is 0 Å². The minimum atomic E-state index is -0.409. The van der Waals surface area contributed by atoms with Crippen molar-refractivity contribution in [1.82, 2.24) is 10.3 Å². The highest BCUT2D eigenvalue weighted by molar-refractivity contribution is 7.09. The molecule has 0 aliphatic rings. The zero-order valence-corrected chi connectivity index (χ0v) is 14.1. The van der Waals surface area contributed by atoms with E-state index in [4.69, 9.17) is 9.15 Å². The van der Waals surface area contributed by atoms with Crippen LogP contribution in [0.3, 0.4) is 0 Å². The number of aryl methyl sites for hydroxylation is 2. The summed E-state index contributed by atoms with van der Waals surface area (Å²) in [6, 6.07) is 6.60. The molecule has 0 radical (unpaired) electrons. The number of hydrogen-bond acceptors (Lipinski definition) is 6. The molecule has 3 rings (SSSR count). The van der Waals surface area contributed by atoms with Crippen LogP contribution in [0.2, 0.25) is 0 Å². The molecule has 0 aliphatic heterocycles. The Morgan fingerprint density at radius 2 is 2.17 bits per heavy atom. The molecule has 6 nitrogen and oxygen atoms in total. The van der Waals surface area contributed by atoms with E-state index in [1.807, 2.05) is 19.2 Å². The van der Waals surface area contributed by atoms with E-state index in [-0.39, 0.29) is 12.5 Å². The molecule has 2 aromatic heterocycles. The number of fused-ring (bicyclic) bond motifs is 1. The Morgan fingerprint density at radius 3 is 2.92 bits per heavy atom. The van der Waals surface area contributed by atoms with Crippen LogP contribution in [0.25, 0.3) is 11.0 Å². The number of hydrogen-bond donors (Lipinski definition) is 1. The first-order valence-electron chi connectivity index (χ1n) is 7.36. The third-order valence-electron chi connectivity index (χ3n) is 3.43. The summed E-state index contributed by atoms with van der Waals surface area (Å²) in [4.78, 5) is 27.5. The van der Waals surface area contributed by atoms with Gasteiger partial charge in [-0.25, -0.2) is 9.78 Å². The predicted octanol–water partition coefficient (Wildman–Crippen LogP) is 2.56. The maximum Gasteiger partial charge on any atom is 0.336 e. The second-order valence-electron chi connectivity index (χ2n) is 5.33. The zero-order valence-electron chi connectivity index (χ0n) is 13.3. The molecular formula is C17H16N2O4S. The van der Waals surface area contributed by atoms with Gasteiger partial charge in [-0.05, 0) is 31.5 Å². The first-order valence-corrected chi connectivity index (χ1v) is 8.24. The number of carbonyl (C=O) groups excluding carboxylic acids is 1. The summed E-state index contributed by atoms with van der Waals surface area (Å²) < 4.78 is 10.6. The smallest absolute Gasteiger partial charge is 0.336 e. The van der Waals surface area contributed by atoms with Crippen LogP contribution in [-0.4, -0.2) is 17.5 Å². The van der Waals surface area contributed by atoms with Crippen molar-refractivity contribution in [3.8, 4) is 5.75 Å². The van der Waals surface area contributed by atoms with E-state index in [9.17, 15) is 9.59 Å². The van der Waals surface area contributed by atoms with Crippen molar-refractivity contribution in [3.63, 3.8) is 0 Å². The first kappa shape index (κ1) is 16.2. The molecule has 0 bridgehead atoms. The lowest BCUT2D eigenvalue weighted by Crippen LogP contribution is -2.28. The summed E-state index contributed by atoms with van der Waals surface area (Å²) in [6.45, 7) is 4.01. The van der Waals surface area contributed by atoms with Gasteiger partial charge in [-0.2, -0.15) is 0 Å². The molecule has 1 amide bonds. The second-order valence-corrected chi connectivity index (χ2v) is 6.39.